The zero-order chi connectivity index (χ0) is 21.8. The number of hydrogen-bond donors (Lipinski definition) is 3. The highest BCUT2D eigenvalue weighted by molar-refractivity contribution is 5.89. The molecule has 8 nitrogen and oxygen atoms in total. The van der Waals surface area contributed by atoms with Crippen LogP contribution in [0, 0.1) is 0 Å². The number of ether oxygens (including phenoxy) is 3. The summed E-state index contributed by atoms with van der Waals surface area (Å²) in [5.41, 5.74) is -0.409. The summed E-state index contributed by atoms with van der Waals surface area (Å²) in [5, 5.41) is 30.3. The molecule has 1 atom stereocenters. The van der Waals surface area contributed by atoms with E-state index < -0.39 is 22.9 Å². The van der Waals surface area contributed by atoms with E-state index in [-0.39, 0.29) is 22.3 Å². The predicted octanol–water partition coefficient (Wildman–Crippen LogP) is 2.96. The average molecular weight is 414 g/mol. The second-order valence-corrected chi connectivity index (χ2v) is 7.75. The molecule has 0 fully saturated rings. The lowest BCUT2D eigenvalue weighted by Gasteiger charge is -2.24. The lowest BCUT2D eigenvalue weighted by atomic mass is 9.95. The van der Waals surface area contributed by atoms with E-state index in [0.29, 0.717) is 34.8 Å². The smallest absolute Gasteiger partial charge is 0.204 e. The Balaban J connectivity index is 2.01. The molecule has 8 heteroatoms. The molecule has 0 amide bonds. The van der Waals surface area contributed by atoms with E-state index in [1.165, 1.54) is 26.5 Å². The Morgan fingerprint density at radius 1 is 1.10 bits per heavy atom. The Hall–Kier alpha value is -3.39. The van der Waals surface area contributed by atoms with Crippen LogP contribution in [0.3, 0.4) is 0 Å². The third-order valence-corrected chi connectivity index (χ3v) is 5.29. The van der Waals surface area contributed by atoms with Gasteiger partial charge in [0.2, 0.25) is 5.43 Å². The Kier molecular flexibility index (Phi) is 4.54. The number of methoxy groups -OCH3 is 2. The van der Waals surface area contributed by atoms with Crippen LogP contribution in [0.5, 0.6) is 28.7 Å². The Labute approximate surface area is 171 Å². The fourth-order valence-electron chi connectivity index (χ4n) is 3.74. The molecule has 0 bridgehead atoms. The monoisotopic (exact) mass is 414 g/mol. The third kappa shape index (κ3) is 3.00. The van der Waals surface area contributed by atoms with Gasteiger partial charge < -0.3 is 33.9 Å². The molecule has 2 heterocycles. The summed E-state index contributed by atoms with van der Waals surface area (Å²) in [7, 11) is 2.99. The number of phenolic OH excluding ortho intramolecular Hbond substituents is 2. The van der Waals surface area contributed by atoms with E-state index in [4.69, 9.17) is 18.6 Å². The van der Waals surface area contributed by atoms with Crippen molar-refractivity contribution in [2.75, 3.05) is 14.2 Å². The molecule has 0 saturated carbocycles. The number of aromatic hydroxyl groups is 2. The maximum atomic E-state index is 13.2. The maximum Gasteiger partial charge on any atom is 0.204 e. The van der Waals surface area contributed by atoms with Gasteiger partial charge >= 0.3 is 0 Å². The van der Waals surface area contributed by atoms with Crippen molar-refractivity contribution in [3.8, 4) is 39.9 Å². The number of rotatable bonds is 4. The first-order valence-electron chi connectivity index (χ1n) is 9.30. The van der Waals surface area contributed by atoms with Crippen molar-refractivity contribution in [1.29, 1.82) is 0 Å². The van der Waals surface area contributed by atoms with E-state index in [2.05, 4.69) is 0 Å². The van der Waals surface area contributed by atoms with Crippen molar-refractivity contribution in [2.45, 2.75) is 32.0 Å². The molecule has 0 radical (unpaired) electrons. The summed E-state index contributed by atoms with van der Waals surface area (Å²) in [6.45, 7) is 3.28. The van der Waals surface area contributed by atoms with Crippen molar-refractivity contribution >= 4 is 11.0 Å². The largest absolute Gasteiger partial charge is 0.508 e. The number of hydrogen-bond acceptors (Lipinski definition) is 8. The van der Waals surface area contributed by atoms with Gasteiger partial charge in [-0.05, 0) is 19.9 Å². The highest BCUT2D eigenvalue weighted by Gasteiger charge is 2.39. The Morgan fingerprint density at radius 3 is 2.47 bits per heavy atom. The molecular weight excluding hydrogens is 392 g/mol. The normalized spacial score (nSPS) is 15.7. The van der Waals surface area contributed by atoms with E-state index >= 15 is 0 Å². The summed E-state index contributed by atoms with van der Waals surface area (Å²) < 4.78 is 22.5. The van der Waals surface area contributed by atoms with Gasteiger partial charge in [-0.1, -0.05) is 0 Å². The first kappa shape index (κ1) is 19.9. The molecule has 1 aromatic heterocycles. The predicted molar refractivity (Wildman–Crippen MR) is 109 cm³/mol. The van der Waals surface area contributed by atoms with Gasteiger partial charge in [0.25, 0.3) is 0 Å². The van der Waals surface area contributed by atoms with Crippen molar-refractivity contribution in [1.82, 2.24) is 0 Å². The first-order chi connectivity index (χ1) is 14.2. The van der Waals surface area contributed by atoms with Crippen LogP contribution >= 0.6 is 0 Å². The molecule has 158 valence electrons. The average Bonchev–Trinajstić information content (AvgIpc) is 3.12. The zero-order valence-corrected chi connectivity index (χ0v) is 17.0. The van der Waals surface area contributed by atoms with Gasteiger partial charge in [0.15, 0.2) is 11.5 Å². The second kappa shape index (κ2) is 6.84. The van der Waals surface area contributed by atoms with E-state index in [9.17, 15) is 20.1 Å². The molecule has 0 saturated heterocycles. The molecule has 1 aliphatic heterocycles. The van der Waals surface area contributed by atoms with Crippen LogP contribution in [-0.2, 0) is 6.42 Å². The molecule has 2 aromatic carbocycles. The van der Waals surface area contributed by atoms with Crippen LogP contribution in [0.1, 0.15) is 19.4 Å². The number of benzene rings is 2. The molecule has 0 unspecified atom stereocenters. The first-order valence-corrected chi connectivity index (χ1v) is 9.30. The van der Waals surface area contributed by atoms with Gasteiger partial charge in [0.05, 0.1) is 25.4 Å². The Morgan fingerprint density at radius 2 is 1.83 bits per heavy atom. The molecular formula is C22H22O8. The van der Waals surface area contributed by atoms with Crippen LogP contribution in [0.2, 0.25) is 0 Å². The fraction of sp³-hybridized carbons (Fsp3) is 0.318. The lowest BCUT2D eigenvalue weighted by Crippen LogP contribution is -2.39. The summed E-state index contributed by atoms with van der Waals surface area (Å²) >= 11 is 0. The van der Waals surface area contributed by atoms with Crippen molar-refractivity contribution in [3.63, 3.8) is 0 Å². The number of aliphatic hydroxyl groups is 1. The minimum Gasteiger partial charge on any atom is -0.508 e. The quantitative estimate of drug-likeness (QED) is 0.596. The van der Waals surface area contributed by atoms with Gasteiger partial charge in [0, 0.05) is 29.7 Å². The molecule has 0 spiro atoms. The molecule has 3 aromatic rings. The minimum atomic E-state index is -1.14. The van der Waals surface area contributed by atoms with E-state index in [0.717, 1.165) is 6.07 Å². The van der Waals surface area contributed by atoms with E-state index in [1.54, 1.807) is 19.9 Å². The Bertz CT molecular complexity index is 1200. The molecule has 1 aliphatic rings. The van der Waals surface area contributed by atoms with Crippen LogP contribution in [0.4, 0.5) is 0 Å². The minimum absolute atomic E-state index is 0.0497. The van der Waals surface area contributed by atoms with Gasteiger partial charge in [-0.15, -0.1) is 0 Å². The van der Waals surface area contributed by atoms with Gasteiger partial charge in [-0.25, -0.2) is 0 Å². The maximum absolute atomic E-state index is 13.2. The molecule has 4 rings (SSSR count). The van der Waals surface area contributed by atoms with Crippen LogP contribution in [0.25, 0.3) is 22.1 Å². The second-order valence-electron chi connectivity index (χ2n) is 7.75. The summed E-state index contributed by atoms with van der Waals surface area (Å²) in [6.07, 6.45) is 1.03. The van der Waals surface area contributed by atoms with E-state index in [1.807, 2.05) is 0 Å². The zero-order valence-electron chi connectivity index (χ0n) is 17.0. The summed E-state index contributed by atoms with van der Waals surface area (Å²) in [4.78, 5) is 13.2. The van der Waals surface area contributed by atoms with Crippen molar-refractivity contribution < 1.29 is 33.9 Å². The molecule has 30 heavy (non-hydrogen) atoms. The third-order valence-electron chi connectivity index (χ3n) is 5.29. The van der Waals surface area contributed by atoms with Crippen molar-refractivity contribution in [2.24, 2.45) is 0 Å². The summed E-state index contributed by atoms with van der Waals surface area (Å²) in [5.74, 6) is 0.610. The molecule has 0 aliphatic carbocycles. The molecule has 3 N–H and O–H groups in total. The highest BCUT2D eigenvalue weighted by atomic mass is 16.5. The van der Waals surface area contributed by atoms with Gasteiger partial charge in [-0.3, -0.25) is 4.79 Å². The van der Waals surface area contributed by atoms with Crippen LogP contribution in [0.15, 0.2) is 33.7 Å². The highest BCUT2D eigenvalue weighted by Crippen LogP contribution is 2.49. The van der Waals surface area contributed by atoms with Gasteiger partial charge in [0.1, 0.15) is 40.6 Å². The summed E-state index contributed by atoms with van der Waals surface area (Å²) in [6, 6.07) is 3.92. The van der Waals surface area contributed by atoms with Crippen LogP contribution < -0.4 is 19.6 Å². The lowest BCUT2D eigenvalue weighted by molar-refractivity contribution is -0.0228. The SMILES string of the molecule is COc1cc(-c2coc3cc(O)cc(O)c3c2=O)c2c(c1OC)C[C@H](C(C)(C)O)O2. The number of phenols is 2. The number of fused-ring (bicyclic) bond motifs is 2. The van der Waals surface area contributed by atoms with Gasteiger partial charge in [-0.2, -0.15) is 0 Å². The fourth-order valence-corrected chi connectivity index (χ4v) is 3.74. The van der Waals surface area contributed by atoms with Crippen LogP contribution in [-0.4, -0.2) is 41.2 Å². The standard InChI is InChI=1S/C22H22O8/c1-22(2,26)17-8-12-20(30-17)11(7-16(27-3)21(12)28-4)13-9-29-15-6-10(23)5-14(24)18(15)19(13)25/h5-7,9,17,23-24,26H,8H2,1-4H3/t17-/m1/s1. The van der Waals surface area contributed by atoms with Crippen molar-refractivity contribution in [3.05, 3.63) is 40.2 Å². The topological polar surface area (TPSA) is 119 Å².